The Labute approximate surface area is 252 Å². The summed E-state index contributed by atoms with van der Waals surface area (Å²) in [6, 6.07) is 50.7. The summed E-state index contributed by atoms with van der Waals surface area (Å²) in [7, 11) is 0. The second kappa shape index (κ2) is 11.1. The Morgan fingerprint density at radius 2 is 1.00 bits per heavy atom. The number of para-hydroxylation sites is 1. The van der Waals surface area contributed by atoms with E-state index in [1.54, 1.807) is 0 Å². The fraction of sp³-hybridized carbons (Fsp3) is 0.0750. The Balaban J connectivity index is 1.21. The van der Waals surface area contributed by atoms with Gasteiger partial charge in [-0.2, -0.15) is 0 Å². The largest absolute Gasteiger partial charge is 0.256 e. The van der Waals surface area contributed by atoms with Crippen LogP contribution in [0, 0.1) is 0 Å². The van der Waals surface area contributed by atoms with Crippen molar-refractivity contribution in [2.75, 3.05) is 0 Å². The molecule has 0 aliphatic heterocycles. The van der Waals surface area contributed by atoms with Gasteiger partial charge in [-0.05, 0) is 28.8 Å². The number of hydrogen-bond donors (Lipinski definition) is 0. The third-order valence-electron chi connectivity index (χ3n) is 8.28. The summed E-state index contributed by atoms with van der Waals surface area (Å²) in [6.07, 6.45) is 1.86. The normalized spacial score (nSPS) is 11.5. The monoisotopic (exact) mass is 553 g/mol. The fourth-order valence-corrected chi connectivity index (χ4v) is 5.70. The summed E-state index contributed by atoms with van der Waals surface area (Å²) >= 11 is 0. The molecule has 0 aliphatic rings. The minimum Gasteiger partial charge on any atom is -0.256 e. The highest BCUT2D eigenvalue weighted by Gasteiger charge is 2.23. The first-order chi connectivity index (χ1) is 21.1. The van der Waals surface area contributed by atoms with Crippen molar-refractivity contribution in [2.45, 2.75) is 19.3 Å². The van der Waals surface area contributed by atoms with Crippen LogP contribution in [0.15, 0.2) is 152 Å². The topological polar surface area (TPSA) is 38.7 Å². The van der Waals surface area contributed by atoms with Crippen LogP contribution in [0.3, 0.4) is 0 Å². The van der Waals surface area contributed by atoms with E-state index in [1.807, 2.05) is 48.7 Å². The zero-order valence-corrected chi connectivity index (χ0v) is 24.3. The van der Waals surface area contributed by atoms with Gasteiger partial charge < -0.3 is 0 Å². The number of rotatable bonds is 6. The first-order valence-electron chi connectivity index (χ1n) is 14.6. The van der Waals surface area contributed by atoms with Gasteiger partial charge in [-0.15, -0.1) is 0 Å². The lowest BCUT2D eigenvalue weighted by Crippen LogP contribution is -2.18. The minimum absolute atomic E-state index is 0.176. The third kappa shape index (κ3) is 5.22. The van der Waals surface area contributed by atoms with Gasteiger partial charge in [0.2, 0.25) is 0 Å². The molecule has 0 atom stereocenters. The van der Waals surface area contributed by atoms with Gasteiger partial charge in [0, 0.05) is 39.3 Å². The molecule has 2 aromatic heterocycles. The number of hydrogen-bond acceptors (Lipinski definition) is 3. The van der Waals surface area contributed by atoms with E-state index in [9.17, 15) is 0 Å². The molecule has 0 radical (unpaired) electrons. The van der Waals surface area contributed by atoms with Crippen molar-refractivity contribution in [2.24, 2.45) is 0 Å². The summed E-state index contributed by atoms with van der Waals surface area (Å²) < 4.78 is 0. The highest BCUT2D eigenvalue weighted by Crippen LogP contribution is 2.35. The van der Waals surface area contributed by atoms with Gasteiger partial charge in [0.15, 0.2) is 5.82 Å². The zero-order valence-electron chi connectivity index (χ0n) is 24.3. The molecule has 0 saturated heterocycles. The summed E-state index contributed by atoms with van der Waals surface area (Å²) in [5.74, 6) is 0.725. The Morgan fingerprint density at radius 3 is 1.63 bits per heavy atom. The van der Waals surface area contributed by atoms with Crippen molar-refractivity contribution in [1.29, 1.82) is 0 Å². The molecular weight excluding hydrogens is 522 g/mol. The molecule has 0 N–H and O–H groups in total. The van der Waals surface area contributed by atoms with Crippen LogP contribution in [0.25, 0.3) is 55.9 Å². The molecule has 7 rings (SSSR count). The van der Waals surface area contributed by atoms with E-state index >= 15 is 0 Å². The maximum atomic E-state index is 4.99. The molecule has 0 fully saturated rings. The van der Waals surface area contributed by atoms with Crippen LogP contribution >= 0.6 is 0 Å². The van der Waals surface area contributed by atoms with Crippen molar-refractivity contribution < 1.29 is 0 Å². The van der Waals surface area contributed by atoms with E-state index < -0.39 is 0 Å². The average Bonchev–Trinajstić information content (AvgIpc) is 3.09. The molecule has 206 valence electrons. The fourth-order valence-electron chi connectivity index (χ4n) is 5.70. The molecular formula is C40H31N3. The quantitative estimate of drug-likeness (QED) is 0.206. The Bertz CT molecular complexity index is 1950. The number of nitrogens with zero attached hydrogens (tertiary/aromatic N) is 3. The standard InChI is InChI=1S/C40H31N3/c1-40(2,33-22-18-28(19-23-33)35-17-9-15-31-16-10-26-41-38(31)35)34-24-20-30(21-25-34)37-27-36(29-11-5-3-6-12-29)42-39(43-37)32-13-7-4-8-14-32/h3-27H,1-2H3. The number of fused-ring (bicyclic) bond motifs is 1. The zero-order chi connectivity index (χ0) is 29.2. The van der Waals surface area contributed by atoms with Crippen LogP contribution in [0.1, 0.15) is 25.0 Å². The highest BCUT2D eigenvalue weighted by atomic mass is 14.9. The minimum atomic E-state index is -0.176. The van der Waals surface area contributed by atoms with Crippen LogP contribution in [0.4, 0.5) is 0 Å². The third-order valence-corrected chi connectivity index (χ3v) is 8.28. The highest BCUT2D eigenvalue weighted by molar-refractivity contribution is 5.93. The molecule has 43 heavy (non-hydrogen) atoms. The molecule has 2 heterocycles. The van der Waals surface area contributed by atoms with E-state index in [2.05, 4.69) is 122 Å². The molecule has 0 unspecified atom stereocenters. The number of pyridine rings is 1. The van der Waals surface area contributed by atoms with Crippen molar-refractivity contribution in [3.05, 3.63) is 163 Å². The predicted molar refractivity (Wildman–Crippen MR) is 178 cm³/mol. The molecule has 5 aromatic carbocycles. The second-order valence-corrected chi connectivity index (χ2v) is 11.4. The lowest BCUT2D eigenvalue weighted by molar-refractivity contribution is 0.641. The molecule has 3 heteroatoms. The molecule has 0 spiro atoms. The summed E-state index contributed by atoms with van der Waals surface area (Å²) in [5.41, 5.74) is 10.6. The lowest BCUT2D eigenvalue weighted by Gasteiger charge is -2.26. The Kier molecular flexibility index (Phi) is 6.84. The van der Waals surface area contributed by atoms with Crippen LogP contribution < -0.4 is 0 Å². The Hall–Kier alpha value is -5.41. The van der Waals surface area contributed by atoms with Crippen molar-refractivity contribution in [3.63, 3.8) is 0 Å². The van der Waals surface area contributed by atoms with Gasteiger partial charge in [0.1, 0.15) is 0 Å². The van der Waals surface area contributed by atoms with Crippen molar-refractivity contribution >= 4 is 10.9 Å². The molecule has 3 nitrogen and oxygen atoms in total. The van der Waals surface area contributed by atoms with Gasteiger partial charge in [-0.25, -0.2) is 9.97 Å². The van der Waals surface area contributed by atoms with E-state index in [4.69, 9.17) is 9.97 Å². The van der Waals surface area contributed by atoms with E-state index in [-0.39, 0.29) is 5.41 Å². The summed E-state index contributed by atoms with van der Waals surface area (Å²) in [6.45, 7) is 4.56. The van der Waals surface area contributed by atoms with E-state index in [0.29, 0.717) is 0 Å². The first-order valence-corrected chi connectivity index (χ1v) is 14.6. The number of benzene rings is 5. The maximum absolute atomic E-state index is 4.99. The van der Waals surface area contributed by atoms with Crippen LogP contribution in [0.2, 0.25) is 0 Å². The number of aromatic nitrogens is 3. The maximum Gasteiger partial charge on any atom is 0.160 e. The molecule has 7 aromatic rings. The summed E-state index contributed by atoms with van der Waals surface area (Å²) in [4.78, 5) is 14.6. The van der Waals surface area contributed by atoms with Crippen LogP contribution in [0.5, 0.6) is 0 Å². The molecule has 0 amide bonds. The first kappa shape index (κ1) is 26.5. The predicted octanol–water partition coefficient (Wildman–Crippen LogP) is 10.0. The van der Waals surface area contributed by atoms with Gasteiger partial charge in [-0.3, -0.25) is 4.98 Å². The average molecular weight is 554 g/mol. The second-order valence-electron chi connectivity index (χ2n) is 11.4. The van der Waals surface area contributed by atoms with Gasteiger partial charge in [0.25, 0.3) is 0 Å². The van der Waals surface area contributed by atoms with E-state index in [0.717, 1.165) is 50.4 Å². The van der Waals surface area contributed by atoms with Gasteiger partial charge in [0.05, 0.1) is 16.9 Å². The van der Waals surface area contributed by atoms with Gasteiger partial charge >= 0.3 is 0 Å². The van der Waals surface area contributed by atoms with Crippen molar-refractivity contribution in [1.82, 2.24) is 15.0 Å². The lowest BCUT2D eigenvalue weighted by atomic mass is 9.77. The Morgan fingerprint density at radius 1 is 0.465 bits per heavy atom. The van der Waals surface area contributed by atoms with Crippen LogP contribution in [-0.4, -0.2) is 15.0 Å². The summed E-state index contributed by atoms with van der Waals surface area (Å²) in [5, 5.41) is 1.15. The smallest absolute Gasteiger partial charge is 0.160 e. The molecule has 0 bridgehead atoms. The van der Waals surface area contributed by atoms with Gasteiger partial charge in [-0.1, -0.05) is 147 Å². The molecule has 0 aliphatic carbocycles. The van der Waals surface area contributed by atoms with E-state index in [1.165, 1.54) is 16.7 Å². The van der Waals surface area contributed by atoms with Crippen LogP contribution in [-0.2, 0) is 5.41 Å². The SMILES string of the molecule is CC(C)(c1ccc(-c2cc(-c3ccccc3)nc(-c3ccccc3)n2)cc1)c1ccc(-c2cccc3cccnc23)cc1. The molecule has 0 saturated carbocycles. The van der Waals surface area contributed by atoms with Crippen molar-refractivity contribution in [3.8, 4) is 45.0 Å².